The normalized spacial score (nSPS) is 11.2. The minimum Gasteiger partial charge on any atom is -0.481 e. The van der Waals surface area contributed by atoms with Crippen LogP contribution in [-0.4, -0.2) is 50.5 Å². The highest BCUT2D eigenvalue weighted by atomic mass is 32.2. The van der Waals surface area contributed by atoms with Crippen molar-refractivity contribution in [2.45, 2.75) is 155 Å². The molecule has 0 aliphatic rings. The van der Waals surface area contributed by atoms with E-state index in [1.54, 1.807) is 0 Å². The third-order valence-electron chi connectivity index (χ3n) is 6.12. The van der Waals surface area contributed by atoms with Crippen LogP contribution in [0, 0.1) is 0 Å². The zero-order chi connectivity index (χ0) is 31.1. The lowest BCUT2D eigenvalue weighted by Crippen LogP contribution is -2.16. The molecule has 0 bridgehead atoms. The van der Waals surface area contributed by atoms with E-state index >= 15 is 0 Å². The topological polar surface area (TPSA) is 195 Å². The molecule has 0 aromatic carbocycles. The van der Waals surface area contributed by atoms with Gasteiger partial charge in [-0.05, 0) is 12.8 Å². The van der Waals surface area contributed by atoms with E-state index < -0.39 is 32.0 Å². The molecule has 6 N–H and O–H groups in total. The van der Waals surface area contributed by atoms with Gasteiger partial charge in [-0.2, -0.15) is 0 Å². The molecule has 0 aliphatic heterocycles. The molecule has 242 valence electrons. The summed E-state index contributed by atoms with van der Waals surface area (Å²) in [6.07, 6.45) is 23.6. The van der Waals surface area contributed by atoms with Crippen molar-refractivity contribution in [3.8, 4) is 0 Å². The molecular weight excluding hydrogens is 556 g/mol. The molecule has 0 aromatic heterocycles. The van der Waals surface area contributed by atoms with Gasteiger partial charge in [-0.1, -0.05) is 129 Å². The number of hydrogen-bond donors (Lipinski definition) is 4. The maximum atomic E-state index is 10.6. The van der Waals surface area contributed by atoms with Crippen molar-refractivity contribution in [2.75, 3.05) is 11.5 Å². The van der Waals surface area contributed by atoms with Crippen molar-refractivity contribution in [2.24, 2.45) is 10.3 Å². The monoisotopic (exact) mass is 616 g/mol. The molecule has 0 spiro atoms. The summed E-state index contributed by atoms with van der Waals surface area (Å²) in [6.45, 7) is 4.46. The quantitative estimate of drug-likeness (QED) is 0.0854. The molecule has 0 unspecified atom stereocenters. The van der Waals surface area contributed by atoms with Gasteiger partial charge in [0.1, 0.15) is 0 Å². The van der Waals surface area contributed by atoms with E-state index in [1.807, 2.05) is 0 Å². The Bertz CT molecular complexity index is 722. The molecular formula is C28H60N2O8S2. The van der Waals surface area contributed by atoms with Crippen molar-refractivity contribution >= 4 is 32.0 Å². The standard InChI is InChI=1S/2C12H27NO2S.C4H6O4/c2*1-2-3-4-5-6-7-8-9-10-11-12-16(13,14)15;5-3(6)1-2-4(7)8/h2*2-12H2,1H3,(H2,13,14,15);1-2H2,(H,5,6)(H,7,8). The first kappa shape index (κ1) is 43.2. The first-order chi connectivity index (χ1) is 18.7. The summed E-state index contributed by atoms with van der Waals surface area (Å²) < 4.78 is 42.6. The third kappa shape index (κ3) is 53.1. The van der Waals surface area contributed by atoms with Gasteiger partial charge in [0.25, 0.3) is 0 Å². The van der Waals surface area contributed by atoms with Crippen LogP contribution in [0.3, 0.4) is 0 Å². The van der Waals surface area contributed by atoms with E-state index in [4.69, 9.17) is 20.5 Å². The number of nitrogens with two attached hydrogens (primary N) is 2. The van der Waals surface area contributed by atoms with Gasteiger partial charge in [0, 0.05) is 0 Å². The largest absolute Gasteiger partial charge is 0.481 e. The van der Waals surface area contributed by atoms with Crippen molar-refractivity contribution < 1.29 is 36.6 Å². The van der Waals surface area contributed by atoms with Crippen LogP contribution in [0.5, 0.6) is 0 Å². The second kappa shape index (κ2) is 30.7. The molecule has 0 atom stereocenters. The number of carboxylic acid groups (broad SMARTS) is 2. The smallest absolute Gasteiger partial charge is 0.303 e. The first-order valence-electron chi connectivity index (χ1n) is 15.2. The molecule has 12 heteroatoms. The Balaban J connectivity index is -0.000000543. The Morgan fingerprint density at radius 1 is 0.450 bits per heavy atom. The van der Waals surface area contributed by atoms with Gasteiger partial charge in [0.2, 0.25) is 20.0 Å². The van der Waals surface area contributed by atoms with Crippen LogP contribution in [0.25, 0.3) is 0 Å². The van der Waals surface area contributed by atoms with E-state index in [0.29, 0.717) is 12.8 Å². The highest BCUT2D eigenvalue weighted by molar-refractivity contribution is 7.89. The molecule has 0 rings (SSSR count). The molecule has 0 saturated carbocycles. The van der Waals surface area contributed by atoms with Gasteiger partial charge in [0.05, 0.1) is 24.3 Å². The first-order valence-corrected chi connectivity index (χ1v) is 18.6. The minimum absolute atomic E-state index is 0.142. The van der Waals surface area contributed by atoms with Crippen LogP contribution < -0.4 is 10.3 Å². The third-order valence-corrected chi connectivity index (χ3v) is 7.83. The lowest BCUT2D eigenvalue weighted by molar-refractivity contribution is -0.143. The van der Waals surface area contributed by atoms with Gasteiger partial charge >= 0.3 is 11.9 Å². The van der Waals surface area contributed by atoms with E-state index in [1.165, 1.54) is 89.9 Å². The van der Waals surface area contributed by atoms with Gasteiger partial charge in [0.15, 0.2) is 0 Å². The summed E-state index contributed by atoms with van der Waals surface area (Å²) in [4.78, 5) is 19.3. The lowest BCUT2D eigenvalue weighted by atomic mass is 10.1. The van der Waals surface area contributed by atoms with Gasteiger partial charge < -0.3 is 10.2 Å². The maximum Gasteiger partial charge on any atom is 0.303 e. The number of sulfonamides is 2. The highest BCUT2D eigenvalue weighted by Crippen LogP contribution is 2.11. The maximum absolute atomic E-state index is 10.6. The summed E-state index contributed by atoms with van der Waals surface area (Å²) in [5, 5.41) is 25.6. The Kier molecular flexibility index (Phi) is 33.2. The number of primary sulfonamides is 2. The summed E-state index contributed by atoms with van der Waals surface area (Å²) in [5.74, 6) is -1.87. The van der Waals surface area contributed by atoms with E-state index in [-0.39, 0.29) is 24.3 Å². The zero-order valence-corrected chi connectivity index (χ0v) is 26.9. The molecule has 0 fully saturated rings. The minimum atomic E-state index is -3.23. The van der Waals surface area contributed by atoms with Crippen LogP contribution in [0.2, 0.25) is 0 Å². The second-order valence-electron chi connectivity index (χ2n) is 10.4. The van der Waals surface area contributed by atoms with E-state index in [2.05, 4.69) is 13.8 Å². The second-order valence-corrected chi connectivity index (χ2v) is 13.9. The van der Waals surface area contributed by atoms with Crippen molar-refractivity contribution in [3.05, 3.63) is 0 Å². The SMILES string of the molecule is CCCCCCCCCCCCS(N)(=O)=O.CCCCCCCCCCCCS(N)(=O)=O.O=C(O)CCC(=O)O. The Labute approximate surface area is 245 Å². The number of carbonyl (C=O) groups is 2. The molecule has 0 radical (unpaired) electrons. The number of hydrogen-bond acceptors (Lipinski definition) is 6. The molecule has 10 nitrogen and oxygen atoms in total. The number of aliphatic carboxylic acids is 2. The Hall–Kier alpha value is -1.24. The van der Waals surface area contributed by atoms with Crippen molar-refractivity contribution in [1.29, 1.82) is 0 Å². The predicted molar refractivity (Wildman–Crippen MR) is 164 cm³/mol. The Morgan fingerprint density at radius 2 is 0.650 bits per heavy atom. The van der Waals surface area contributed by atoms with E-state index in [9.17, 15) is 26.4 Å². The van der Waals surface area contributed by atoms with Crippen LogP contribution in [0.15, 0.2) is 0 Å². The highest BCUT2D eigenvalue weighted by Gasteiger charge is 2.02. The summed E-state index contributed by atoms with van der Waals surface area (Å²) >= 11 is 0. The lowest BCUT2D eigenvalue weighted by Gasteiger charge is -2.01. The molecule has 0 heterocycles. The molecule has 0 saturated heterocycles. The van der Waals surface area contributed by atoms with Gasteiger partial charge in [-0.3, -0.25) is 9.59 Å². The molecule has 0 aliphatic carbocycles. The number of unbranched alkanes of at least 4 members (excludes halogenated alkanes) is 18. The molecule has 0 aromatic rings. The molecule has 40 heavy (non-hydrogen) atoms. The van der Waals surface area contributed by atoms with Crippen molar-refractivity contribution in [3.63, 3.8) is 0 Å². The molecule has 0 amide bonds. The van der Waals surface area contributed by atoms with Crippen LogP contribution in [-0.2, 0) is 29.6 Å². The number of rotatable bonds is 25. The van der Waals surface area contributed by atoms with Crippen molar-refractivity contribution in [1.82, 2.24) is 0 Å². The fourth-order valence-electron chi connectivity index (χ4n) is 3.80. The van der Waals surface area contributed by atoms with Crippen LogP contribution in [0.1, 0.15) is 155 Å². The summed E-state index contributed by atoms with van der Waals surface area (Å²) in [7, 11) is -6.46. The average molecular weight is 617 g/mol. The predicted octanol–water partition coefficient (Wildman–Crippen LogP) is 6.33. The zero-order valence-electron chi connectivity index (χ0n) is 25.3. The Morgan fingerprint density at radius 3 is 0.825 bits per heavy atom. The van der Waals surface area contributed by atoms with Gasteiger partial charge in [-0.25, -0.2) is 27.1 Å². The van der Waals surface area contributed by atoms with Crippen LogP contribution in [0.4, 0.5) is 0 Å². The fraction of sp³-hybridized carbons (Fsp3) is 0.929. The number of carboxylic acids is 2. The average Bonchev–Trinajstić information content (AvgIpc) is 2.84. The fourth-order valence-corrected chi connectivity index (χ4v) is 5.01. The van der Waals surface area contributed by atoms with Crippen LogP contribution >= 0.6 is 0 Å². The van der Waals surface area contributed by atoms with Gasteiger partial charge in [-0.15, -0.1) is 0 Å². The van der Waals surface area contributed by atoms with E-state index in [0.717, 1.165) is 25.7 Å². The summed E-state index contributed by atoms with van der Waals surface area (Å²) in [5.41, 5.74) is 0. The summed E-state index contributed by atoms with van der Waals surface area (Å²) in [6, 6.07) is 0.